The Kier molecular flexibility index (Phi) is 7.44. The van der Waals surface area contributed by atoms with Crippen LogP contribution in [-0.2, 0) is 14.8 Å². The molecule has 1 aliphatic carbocycles. The van der Waals surface area contributed by atoms with Crippen molar-refractivity contribution in [1.82, 2.24) is 10.0 Å². The van der Waals surface area contributed by atoms with E-state index in [-0.39, 0.29) is 17.3 Å². The molecule has 0 aromatic heterocycles. The Balaban J connectivity index is 1.53. The molecule has 1 saturated carbocycles. The van der Waals surface area contributed by atoms with E-state index in [2.05, 4.69) is 20.3 Å². The average Bonchev–Trinajstić information content (AvgIpc) is 3.13. The van der Waals surface area contributed by atoms with Gasteiger partial charge in [0.1, 0.15) is 5.84 Å². The third-order valence-electron chi connectivity index (χ3n) is 5.21. The number of nitrogens with one attached hydrogen (secondary N) is 3. The first-order valence-electron chi connectivity index (χ1n) is 10.2. The number of amides is 1. The van der Waals surface area contributed by atoms with Crippen LogP contribution in [-0.4, -0.2) is 39.3 Å². The Morgan fingerprint density at radius 2 is 1.82 bits per heavy atom. The van der Waals surface area contributed by atoms with Crippen molar-refractivity contribution in [3.63, 3.8) is 0 Å². The zero-order valence-electron chi connectivity index (χ0n) is 16.2. The molecule has 0 unspecified atom stereocenters. The number of carbonyl (C=O) groups excluding carboxylic acids is 1. The van der Waals surface area contributed by atoms with Crippen LogP contribution in [0.4, 0.5) is 5.69 Å². The van der Waals surface area contributed by atoms with Gasteiger partial charge in [0.05, 0.1) is 11.4 Å². The summed E-state index contributed by atoms with van der Waals surface area (Å²) in [5, 5.41) is 6.14. The van der Waals surface area contributed by atoms with Crippen LogP contribution in [0.15, 0.2) is 34.2 Å². The molecule has 3 rings (SSSR count). The van der Waals surface area contributed by atoms with Gasteiger partial charge in [-0.05, 0) is 37.5 Å². The summed E-state index contributed by atoms with van der Waals surface area (Å²) in [4.78, 5) is 16.6. The molecule has 1 amide bonds. The lowest BCUT2D eigenvalue weighted by molar-refractivity contribution is -0.115. The van der Waals surface area contributed by atoms with Crippen molar-refractivity contribution in [1.29, 1.82) is 0 Å². The third kappa shape index (κ3) is 6.31. The lowest BCUT2D eigenvalue weighted by Crippen LogP contribution is -2.36. The van der Waals surface area contributed by atoms with Crippen molar-refractivity contribution in [3.8, 4) is 0 Å². The lowest BCUT2D eigenvalue weighted by atomic mass is 9.97. The molecule has 28 heavy (non-hydrogen) atoms. The standard InChI is InChI=1S/C20H30N4O3S/c25-20(15-22-16-8-4-2-1-3-5-9-16)23-17-10-6-11-18(14-17)28(26,27)24-19-12-7-13-21-19/h6,10-11,14,16,22H,1-5,7-9,12-13,15H2,(H,21,24)(H,23,25). The second-order valence-electron chi connectivity index (χ2n) is 7.54. The second kappa shape index (κ2) is 10.0. The molecule has 3 N–H and O–H groups in total. The molecule has 154 valence electrons. The van der Waals surface area contributed by atoms with E-state index in [1.807, 2.05) is 0 Å². The van der Waals surface area contributed by atoms with E-state index in [4.69, 9.17) is 0 Å². The largest absolute Gasteiger partial charge is 0.325 e. The fourth-order valence-electron chi connectivity index (χ4n) is 3.68. The van der Waals surface area contributed by atoms with Crippen molar-refractivity contribution in [3.05, 3.63) is 24.3 Å². The Morgan fingerprint density at radius 3 is 2.54 bits per heavy atom. The summed E-state index contributed by atoms with van der Waals surface area (Å²) in [6, 6.07) is 6.70. The number of sulfonamides is 1. The number of anilines is 1. The highest BCUT2D eigenvalue weighted by Crippen LogP contribution is 2.18. The predicted molar refractivity (Wildman–Crippen MR) is 111 cm³/mol. The average molecular weight is 407 g/mol. The quantitative estimate of drug-likeness (QED) is 0.676. The summed E-state index contributed by atoms with van der Waals surface area (Å²) < 4.78 is 27.5. The van der Waals surface area contributed by atoms with Gasteiger partial charge in [0.2, 0.25) is 5.91 Å². The second-order valence-corrected chi connectivity index (χ2v) is 9.22. The molecule has 1 aliphatic heterocycles. The van der Waals surface area contributed by atoms with Crippen LogP contribution in [0.5, 0.6) is 0 Å². The molecular weight excluding hydrogens is 376 g/mol. The van der Waals surface area contributed by atoms with Crippen LogP contribution in [0, 0.1) is 0 Å². The third-order valence-corrected chi connectivity index (χ3v) is 6.59. The van der Waals surface area contributed by atoms with Gasteiger partial charge in [-0.3, -0.25) is 14.5 Å². The van der Waals surface area contributed by atoms with E-state index in [9.17, 15) is 13.2 Å². The molecule has 0 saturated heterocycles. The Bertz CT molecular complexity index is 799. The summed E-state index contributed by atoms with van der Waals surface area (Å²) >= 11 is 0. The van der Waals surface area contributed by atoms with E-state index < -0.39 is 10.0 Å². The lowest BCUT2D eigenvalue weighted by Gasteiger charge is -2.20. The maximum atomic E-state index is 12.5. The number of aliphatic imine (C=N–C) groups is 1. The number of carbonyl (C=O) groups is 1. The van der Waals surface area contributed by atoms with Crippen molar-refractivity contribution < 1.29 is 13.2 Å². The Morgan fingerprint density at radius 1 is 1.07 bits per heavy atom. The van der Waals surface area contributed by atoms with Crippen molar-refractivity contribution in [2.24, 2.45) is 4.99 Å². The number of hydrogen-bond donors (Lipinski definition) is 3. The minimum atomic E-state index is -3.69. The zero-order valence-corrected chi connectivity index (χ0v) is 17.1. The van der Waals surface area contributed by atoms with Crippen molar-refractivity contribution >= 4 is 27.5 Å². The van der Waals surface area contributed by atoms with Gasteiger partial charge in [-0.25, -0.2) is 8.42 Å². The van der Waals surface area contributed by atoms with Gasteiger partial charge < -0.3 is 10.6 Å². The van der Waals surface area contributed by atoms with Crippen molar-refractivity contribution in [2.45, 2.75) is 68.7 Å². The number of benzene rings is 1. The molecule has 1 fully saturated rings. The Hall–Kier alpha value is -1.93. The van der Waals surface area contributed by atoms with Crippen LogP contribution < -0.4 is 15.4 Å². The molecule has 1 aromatic rings. The number of nitrogens with zero attached hydrogens (tertiary/aromatic N) is 1. The molecule has 1 aromatic carbocycles. The van der Waals surface area contributed by atoms with E-state index in [0.29, 0.717) is 30.5 Å². The first-order valence-corrected chi connectivity index (χ1v) is 11.7. The highest BCUT2D eigenvalue weighted by atomic mass is 32.2. The molecule has 0 spiro atoms. The van der Waals surface area contributed by atoms with Crippen molar-refractivity contribution in [2.75, 3.05) is 18.4 Å². The van der Waals surface area contributed by atoms with E-state index >= 15 is 0 Å². The summed E-state index contributed by atoms with van der Waals surface area (Å²) in [6.07, 6.45) is 9.99. The number of hydrogen-bond acceptors (Lipinski definition) is 5. The van der Waals surface area contributed by atoms with E-state index in [1.165, 1.54) is 44.2 Å². The van der Waals surface area contributed by atoms with Crippen LogP contribution >= 0.6 is 0 Å². The number of rotatable bonds is 6. The van der Waals surface area contributed by atoms with Crippen LogP contribution in [0.25, 0.3) is 0 Å². The summed E-state index contributed by atoms with van der Waals surface area (Å²) in [5.41, 5.74) is 0.473. The van der Waals surface area contributed by atoms with Gasteiger partial charge in [0.25, 0.3) is 10.0 Å². The molecule has 8 heteroatoms. The summed E-state index contributed by atoms with van der Waals surface area (Å²) in [7, 11) is -3.69. The normalized spacial score (nSPS) is 18.8. The van der Waals surface area contributed by atoms with E-state index in [1.54, 1.807) is 12.1 Å². The van der Waals surface area contributed by atoms with Gasteiger partial charge in [-0.1, -0.05) is 38.2 Å². The Labute approximate surface area is 167 Å². The summed E-state index contributed by atoms with van der Waals surface area (Å²) in [6.45, 7) is 0.888. The molecule has 0 radical (unpaired) electrons. The van der Waals surface area contributed by atoms with Gasteiger partial charge in [-0.2, -0.15) is 0 Å². The molecule has 0 bridgehead atoms. The maximum Gasteiger partial charge on any atom is 0.262 e. The fraction of sp³-hybridized carbons (Fsp3) is 0.600. The van der Waals surface area contributed by atoms with Crippen LogP contribution in [0.3, 0.4) is 0 Å². The first kappa shape index (κ1) is 20.8. The highest BCUT2D eigenvalue weighted by Gasteiger charge is 2.19. The first-order chi connectivity index (χ1) is 13.5. The topological polar surface area (TPSA) is 99.7 Å². The number of amidine groups is 1. The highest BCUT2D eigenvalue weighted by molar-refractivity contribution is 7.90. The monoisotopic (exact) mass is 406 g/mol. The van der Waals surface area contributed by atoms with Gasteiger partial charge in [-0.15, -0.1) is 0 Å². The molecule has 1 heterocycles. The molecular formula is C20H30N4O3S. The molecule has 7 nitrogen and oxygen atoms in total. The minimum Gasteiger partial charge on any atom is -0.325 e. The predicted octanol–water partition coefficient (Wildman–Crippen LogP) is 2.80. The van der Waals surface area contributed by atoms with Gasteiger partial charge in [0, 0.05) is 24.7 Å². The van der Waals surface area contributed by atoms with Crippen LogP contribution in [0.1, 0.15) is 57.8 Å². The fourth-order valence-corrected chi connectivity index (χ4v) is 4.81. The minimum absolute atomic E-state index is 0.118. The molecule has 0 atom stereocenters. The SMILES string of the molecule is O=C(CNC1CCCCCCC1)Nc1cccc(S(=O)(=O)NC2=NCCC2)c1. The zero-order chi connectivity index (χ0) is 19.8. The van der Waals surface area contributed by atoms with Crippen LogP contribution in [0.2, 0.25) is 0 Å². The van der Waals surface area contributed by atoms with E-state index in [0.717, 1.165) is 19.3 Å². The summed E-state index contributed by atoms with van der Waals surface area (Å²) in [5.74, 6) is 0.336. The smallest absolute Gasteiger partial charge is 0.262 e. The maximum absolute atomic E-state index is 12.5. The van der Waals surface area contributed by atoms with Gasteiger partial charge >= 0.3 is 0 Å². The van der Waals surface area contributed by atoms with Gasteiger partial charge in [0.15, 0.2) is 0 Å². The molecule has 2 aliphatic rings.